The first-order valence-electron chi connectivity index (χ1n) is 8.63. The van der Waals surface area contributed by atoms with Gasteiger partial charge in [-0.3, -0.25) is 0 Å². The smallest absolute Gasteiger partial charge is 0.490 e. The monoisotopic (exact) mass is 340 g/mol. The highest BCUT2D eigenvalue weighted by molar-refractivity contribution is 5.62. The molecule has 0 atom stereocenters. The quantitative estimate of drug-likeness (QED) is 0.616. The molecule has 2 nitrogen and oxygen atoms in total. The van der Waals surface area contributed by atoms with Gasteiger partial charge in [-0.1, -0.05) is 37.5 Å². The molecule has 2 fully saturated rings. The number of hydrogen-bond donors (Lipinski definition) is 0. The van der Waals surface area contributed by atoms with Crippen LogP contribution in [-0.2, 0) is 0 Å². The molecular formula is C19H23F3O2. The lowest BCUT2D eigenvalue weighted by atomic mass is 9.85. The van der Waals surface area contributed by atoms with Crippen molar-refractivity contribution >= 4 is 6.08 Å². The molecule has 2 aliphatic rings. The van der Waals surface area contributed by atoms with E-state index in [4.69, 9.17) is 4.74 Å². The Bertz CT molecular complexity index is 599. The fourth-order valence-electron chi connectivity index (χ4n) is 2.83. The Balaban J connectivity index is 1.77. The van der Waals surface area contributed by atoms with Gasteiger partial charge in [-0.15, -0.1) is 13.2 Å². The lowest BCUT2D eigenvalue weighted by Crippen LogP contribution is -2.19. The molecule has 2 saturated carbocycles. The highest BCUT2D eigenvalue weighted by Gasteiger charge is 2.34. The van der Waals surface area contributed by atoms with E-state index in [2.05, 4.69) is 10.8 Å². The largest absolute Gasteiger partial charge is 0.573 e. The van der Waals surface area contributed by atoms with Crippen molar-refractivity contribution in [2.45, 2.75) is 51.8 Å². The van der Waals surface area contributed by atoms with Crippen LogP contribution in [0.5, 0.6) is 11.5 Å². The summed E-state index contributed by atoms with van der Waals surface area (Å²) in [6, 6.07) is 3.39. The number of hydrogen-bond acceptors (Lipinski definition) is 2. The lowest BCUT2D eigenvalue weighted by molar-refractivity contribution is -0.275. The first-order chi connectivity index (χ1) is 11.4. The van der Waals surface area contributed by atoms with Crippen LogP contribution in [0.4, 0.5) is 13.2 Å². The zero-order valence-corrected chi connectivity index (χ0v) is 13.9. The van der Waals surface area contributed by atoms with Crippen LogP contribution in [0.15, 0.2) is 18.2 Å². The molecule has 132 valence electrons. The van der Waals surface area contributed by atoms with Crippen molar-refractivity contribution in [1.82, 2.24) is 0 Å². The predicted octanol–water partition coefficient (Wildman–Crippen LogP) is 5.89. The molecule has 0 saturated heterocycles. The van der Waals surface area contributed by atoms with Gasteiger partial charge in [-0.2, -0.15) is 0 Å². The summed E-state index contributed by atoms with van der Waals surface area (Å²) in [6.45, 7) is 2.07. The summed E-state index contributed by atoms with van der Waals surface area (Å²) in [5, 5.41) is 0. The van der Waals surface area contributed by atoms with Gasteiger partial charge in [0.25, 0.3) is 0 Å². The van der Waals surface area contributed by atoms with Crippen LogP contribution in [0.25, 0.3) is 6.08 Å². The zero-order chi connectivity index (χ0) is 17.2. The van der Waals surface area contributed by atoms with Crippen molar-refractivity contribution in [3.63, 3.8) is 0 Å². The van der Waals surface area contributed by atoms with E-state index in [0.29, 0.717) is 24.0 Å². The fraction of sp³-hybridized carbons (Fsp3) is 0.579. The van der Waals surface area contributed by atoms with Crippen LogP contribution < -0.4 is 9.47 Å². The van der Waals surface area contributed by atoms with Gasteiger partial charge in [-0.25, -0.2) is 0 Å². The summed E-state index contributed by atoms with van der Waals surface area (Å²) in [5.41, 5.74) is 1.21. The predicted molar refractivity (Wildman–Crippen MR) is 87.1 cm³/mol. The lowest BCUT2D eigenvalue weighted by Gasteiger charge is -2.22. The van der Waals surface area contributed by atoms with Crippen molar-refractivity contribution in [2.24, 2.45) is 11.8 Å². The minimum Gasteiger partial charge on any atom is -0.490 e. The Hall–Kier alpha value is -1.65. The maximum atomic E-state index is 12.8. The third-order valence-electron chi connectivity index (χ3n) is 4.81. The maximum absolute atomic E-state index is 12.8. The molecule has 0 unspecified atom stereocenters. The first-order valence-corrected chi connectivity index (χ1v) is 8.63. The summed E-state index contributed by atoms with van der Waals surface area (Å²) >= 11 is 0. The summed E-state index contributed by atoms with van der Waals surface area (Å²) < 4.78 is 48.2. The van der Waals surface area contributed by atoms with Crippen molar-refractivity contribution in [2.75, 3.05) is 6.61 Å². The van der Waals surface area contributed by atoms with Crippen LogP contribution in [0.3, 0.4) is 0 Å². The maximum Gasteiger partial charge on any atom is 0.573 e. The number of alkyl halides is 3. The molecular weight excluding hydrogens is 317 g/mol. The molecule has 3 rings (SSSR count). The number of halogens is 3. The number of allylic oxidation sites excluding steroid dienone is 1. The molecule has 0 bridgehead atoms. The first kappa shape index (κ1) is 17.2. The normalized spacial score (nSPS) is 18.7. The van der Waals surface area contributed by atoms with Crippen molar-refractivity contribution in [1.29, 1.82) is 0 Å². The van der Waals surface area contributed by atoms with Crippen LogP contribution in [0.1, 0.15) is 49.7 Å². The van der Waals surface area contributed by atoms with Crippen molar-refractivity contribution in [3.8, 4) is 11.5 Å². The van der Waals surface area contributed by atoms with Gasteiger partial charge in [0.15, 0.2) is 11.5 Å². The second kappa shape index (κ2) is 7.08. The van der Waals surface area contributed by atoms with Crippen LogP contribution in [0, 0.1) is 18.8 Å². The van der Waals surface area contributed by atoms with Crippen LogP contribution >= 0.6 is 0 Å². The number of benzene rings is 1. The van der Waals surface area contributed by atoms with E-state index in [0.717, 1.165) is 24.8 Å². The van der Waals surface area contributed by atoms with Crippen molar-refractivity contribution in [3.05, 3.63) is 29.3 Å². The fourth-order valence-corrected chi connectivity index (χ4v) is 2.83. The summed E-state index contributed by atoms with van der Waals surface area (Å²) in [5.74, 6) is 1.17. The molecule has 0 heterocycles. The third kappa shape index (κ3) is 4.68. The zero-order valence-electron chi connectivity index (χ0n) is 13.9. The Morgan fingerprint density at radius 2 is 1.92 bits per heavy atom. The van der Waals surface area contributed by atoms with Gasteiger partial charge in [0.1, 0.15) is 0 Å². The van der Waals surface area contributed by atoms with Crippen LogP contribution in [-0.4, -0.2) is 13.0 Å². The molecule has 24 heavy (non-hydrogen) atoms. The molecule has 1 aromatic rings. The average molecular weight is 340 g/mol. The minimum absolute atomic E-state index is 0.172. The highest BCUT2D eigenvalue weighted by atomic mass is 19.4. The Kier molecular flexibility index (Phi) is 5.07. The SMILES string of the molecule is Cc1c(/C=C/C2CCC2)ccc(OCCC2CC2)c1OC(F)(F)F. The molecule has 0 aromatic heterocycles. The molecule has 1 aromatic carbocycles. The summed E-state index contributed by atoms with van der Waals surface area (Å²) in [4.78, 5) is 0. The molecule has 0 amide bonds. The Morgan fingerprint density at radius 1 is 1.17 bits per heavy atom. The summed E-state index contributed by atoms with van der Waals surface area (Å²) in [6.07, 6.45) is 6.06. The van der Waals surface area contributed by atoms with E-state index in [1.165, 1.54) is 19.3 Å². The van der Waals surface area contributed by atoms with E-state index in [-0.39, 0.29) is 11.5 Å². The second-order valence-electron chi connectivity index (χ2n) is 6.79. The third-order valence-corrected chi connectivity index (χ3v) is 4.81. The van der Waals surface area contributed by atoms with Gasteiger partial charge in [0.2, 0.25) is 0 Å². The molecule has 0 N–H and O–H groups in total. The molecule has 0 aliphatic heterocycles. The number of ether oxygens (including phenoxy) is 2. The van der Waals surface area contributed by atoms with Gasteiger partial charge in [-0.05, 0) is 49.7 Å². The van der Waals surface area contributed by atoms with E-state index >= 15 is 0 Å². The van der Waals surface area contributed by atoms with Gasteiger partial charge in [0.05, 0.1) is 6.61 Å². The Morgan fingerprint density at radius 3 is 2.50 bits per heavy atom. The van der Waals surface area contributed by atoms with E-state index in [1.54, 1.807) is 19.1 Å². The molecule has 5 heteroatoms. The average Bonchev–Trinajstić information content (AvgIpc) is 3.26. The number of rotatable bonds is 7. The highest BCUT2D eigenvalue weighted by Crippen LogP contribution is 2.39. The van der Waals surface area contributed by atoms with Gasteiger partial charge < -0.3 is 9.47 Å². The molecule has 0 spiro atoms. The van der Waals surface area contributed by atoms with Gasteiger partial charge in [0, 0.05) is 5.56 Å². The summed E-state index contributed by atoms with van der Waals surface area (Å²) in [7, 11) is 0. The standard InChI is InChI=1S/C19H23F3O2/c1-13-16(8-7-14-3-2-4-14)9-10-17(18(13)24-19(20,21)22)23-12-11-15-5-6-15/h7-10,14-15H,2-6,11-12H2,1H3/b8-7+. The van der Waals surface area contributed by atoms with E-state index < -0.39 is 6.36 Å². The Labute approximate surface area is 140 Å². The van der Waals surface area contributed by atoms with E-state index in [9.17, 15) is 13.2 Å². The molecule has 0 radical (unpaired) electrons. The minimum atomic E-state index is -4.73. The van der Waals surface area contributed by atoms with Crippen molar-refractivity contribution < 1.29 is 22.6 Å². The van der Waals surface area contributed by atoms with Crippen LogP contribution in [0.2, 0.25) is 0 Å². The topological polar surface area (TPSA) is 18.5 Å². The molecule has 2 aliphatic carbocycles. The second-order valence-corrected chi connectivity index (χ2v) is 6.79. The van der Waals surface area contributed by atoms with E-state index in [1.807, 2.05) is 6.08 Å². The van der Waals surface area contributed by atoms with Gasteiger partial charge >= 0.3 is 6.36 Å².